The van der Waals surface area contributed by atoms with Crippen LogP contribution in [-0.2, 0) is 4.79 Å². The first-order valence-electron chi connectivity index (χ1n) is 6.66. The Hall–Kier alpha value is -1.33. The van der Waals surface area contributed by atoms with E-state index in [1.54, 1.807) is 29.2 Å². The van der Waals surface area contributed by atoms with Crippen molar-refractivity contribution in [1.82, 2.24) is 4.90 Å². The second kappa shape index (κ2) is 6.90. The summed E-state index contributed by atoms with van der Waals surface area (Å²) in [6, 6.07) is 6.76. The van der Waals surface area contributed by atoms with Crippen LogP contribution in [0.1, 0.15) is 31.7 Å². The molecule has 0 spiro atoms. The van der Waals surface area contributed by atoms with E-state index in [-0.39, 0.29) is 11.7 Å². The second-order valence-electron chi connectivity index (χ2n) is 4.63. The van der Waals surface area contributed by atoms with E-state index in [4.69, 9.17) is 12.2 Å². The molecule has 5 heteroatoms. The number of unbranched alkanes of at least 4 members (excludes halogenated alkanes) is 2. The lowest BCUT2D eigenvalue weighted by Gasteiger charge is -2.13. The van der Waals surface area contributed by atoms with Crippen LogP contribution >= 0.6 is 24.0 Å². The van der Waals surface area contributed by atoms with Gasteiger partial charge in [-0.3, -0.25) is 9.69 Å². The van der Waals surface area contributed by atoms with Gasteiger partial charge >= 0.3 is 0 Å². The lowest BCUT2D eigenvalue weighted by Crippen LogP contribution is -2.28. The van der Waals surface area contributed by atoms with Crippen LogP contribution in [0.15, 0.2) is 29.2 Å². The van der Waals surface area contributed by atoms with E-state index in [2.05, 4.69) is 6.92 Å². The van der Waals surface area contributed by atoms with E-state index < -0.39 is 0 Å². The minimum absolute atomic E-state index is 0.0100. The highest BCUT2D eigenvalue weighted by Crippen LogP contribution is 2.32. The quantitative estimate of drug-likeness (QED) is 0.510. The molecule has 106 valence electrons. The molecule has 20 heavy (non-hydrogen) atoms. The standard InChI is InChI=1S/C15H17NO2S2/c1-2-3-4-9-16-14(18)13(20-15(16)19)10-11-5-7-12(17)8-6-11/h5-8,10,17H,2-4,9H2,1H3/b13-10+. The third-order valence-electron chi connectivity index (χ3n) is 3.05. The topological polar surface area (TPSA) is 40.5 Å². The Morgan fingerprint density at radius 2 is 2.00 bits per heavy atom. The van der Waals surface area contributed by atoms with Crippen molar-refractivity contribution in [1.29, 1.82) is 0 Å². The highest BCUT2D eigenvalue weighted by molar-refractivity contribution is 8.26. The Kier molecular flexibility index (Phi) is 5.20. The summed E-state index contributed by atoms with van der Waals surface area (Å²) in [6.45, 7) is 2.83. The number of aromatic hydroxyl groups is 1. The zero-order valence-electron chi connectivity index (χ0n) is 11.3. The summed E-state index contributed by atoms with van der Waals surface area (Å²) in [5.41, 5.74) is 0.886. The molecule has 0 aliphatic carbocycles. The lowest BCUT2D eigenvalue weighted by molar-refractivity contribution is -0.122. The molecule has 1 fully saturated rings. The Labute approximate surface area is 128 Å². The van der Waals surface area contributed by atoms with Crippen molar-refractivity contribution < 1.29 is 9.90 Å². The highest BCUT2D eigenvalue weighted by atomic mass is 32.2. The molecule has 3 nitrogen and oxygen atoms in total. The van der Waals surface area contributed by atoms with Crippen LogP contribution < -0.4 is 0 Å². The summed E-state index contributed by atoms with van der Waals surface area (Å²) in [6.07, 6.45) is 5.03. The molecule has 1 heterocycles. The molecule has 1 aliphatic rings. The molecule has 1 amide bonds. The summed E-state index contributed by atoms with van der Waals surface area (Å²) in [5.74, 6) is 0.207. The summed E-state index contributed by atoms with van der Waals surface area (Å²) < 4.78 is 0.635. The van der Waals surface area contributed by atoms with E-state index in [0.29, 0.717) is 15.8 Å². The van der Waals surface area contributed by atoms with Gasteiger partial charge in [0.15, 0.2) is 0 Å². The van der Waals surface area contributed by atoms with Crippen LogP contribution in [0.5, 0.6) is 5.75 Å². The maximum atomic E-state index is 12.3. The molecule has 1 aromatic carbocycles. The van der Waals surface area contributed by atoms with E-state index in [1.807, 2.05) is 6.08 Å². The van der Waals surface area contributed by atoms with Gasteiger partial charge in [-0.1, -0.05) is 55.9 Å². The maximum absolute atomic E-state index is 12.3. The zero-order valence-corrected chi connectivity index (χ0v) is 13.0. The Morgan fingerprint density at radius 1 is 1.30 bits per heavy atom. The molecule has 0 radical (unpaired) electrons. The fourth-order valence-corrected chi connectivity index (χ4v) is 3.24. The van der Waals surface area contributed by atoms with Crippen molar-refractivity contribution in [2.75, 3.05) is 6.54 Å². The first-order chi connectivity index (χ1) is 9.61. The number of phenols is 1. The van der Waals surface area contributed by atoms with Gasteiger partial charge in [0.25, 0.3) is 5.91 Å². The maximum Gasteiger partial charge on any atom is 0.266 e. The average molecular weight is 307 g/mol. The molecular formula is C15H17NO2S2. The molecule has 0 saturated carbocycles. The van der Waals surface area contributed by atoms with E-state index in [9.17, 15) is 9.90 Å². The normalized spacial score (nSPS) is 17.2. The summed E-state index contributed by atoms with van der Waals surface area (Å²) in [7, 11) is 0. The number of amides is 1. The fraction of sp³-hybridized carbons (Fsp3) is 0.333. The predicted octanol–water partition coefficient (Wildman–Crippen LogP) is 3.78. The summed E-state index contributed by atoms with van der Waals surface area (Å²) >= 11 is 6.61. The third kappa shape index (κ3) is 3.61. The number of carbonyl (C=O) groups is 1. The molecule has 1 N–H and O–H groups in total. The van der Waals surface area contributed by atoms with Crippen molar-refractivity contribution in [3.8, 4) is 5.75 Å². The first kappa shape index (κ1) is 15.1. The molecule has 0 unspecified atom stereocenters. The van der Waals surface area contributed by atoms with Crippen molar-refractivity contribution >= 4 is 40.3 Å². The van der Waals surface area contributed by atoms with Crippen molar-refractivity contribution in [2.24, 2.45) is 0 Å². The van der Waals surface area contributed by atoms with Gasteiger partial charge in [-0.05, 0) is 30.2 Å². The SMILES string of the molecule is CCCCCN1C(=O)/C(=C\c2ccc(O)cc2)SC1=S. The summed E-state index contributed by atoms with van der Waals surface area (Å²) in [4.78, 5) is 14.6. The third-order valence-corrected chi connectivity index (χ3v) is 4.43. The number of carbonyl (C=O) groups excluding carboxylic acids is 1. The molecule has 0 aromatic heterocycles. The minimum atomic E-state index is -0.0100. The molecule has 2 rings (SSSR count). The first-order valence-corrected chi connectivity index (χ1v) is 7.88. The Bertz CT molecular complexity index is 537. The molecule has 1 saturated heterocycles. The smallest absolute Gasteiger partial charge is 0.266 e. The van der Waals surface area contributed by atoms with E-state index in [1.165, 1.54) is 11.8 Å². The Morgan fingerprint density at radius 3 is 2.65 bits per heavy atom. The van der Waals surface area contributed by atoms with Gasteiger partial charge in [-0.2, -0.15) is 0 Å². The van der Waals surface area contributed by atoms with Crippen LogP contribution in [0.4, 0.5) is 0 Å². The van der Waals surface area contributed by atoms with Crippen LogP contribution in [0.25, 0.3) is 6.08 Å². The van der Waals surface area contributed by atoms with Gasteiger partial charge in [0, 0.05) is 6.54 Å². The van der Waals surface area contributed by atoms with Crippen LogP contribution in [-0.4, -0.2) is 26.8 Å². The number of benzene rings is 1. The summed E-state index contributed by atoms with van der Waals surface area (Å²) in [5, 5.41) is 9.25. The molecule has 1 aromatic rings. The number of rotatable bonds is 5. The number of phenolic OH excluding ortho intramolecular Hbond substituents is 1. The Balaban J connectivity index is 2.09. The van der Waals surface area contributed by atoms with Gasteiger partial charge in [-0.15, -0.1) is 0 Å². The van der Waals surface area contributed by atoms with Gasteiger partial charge in [0.05, 0.1) is 4.91 Å². The van der Waals surface area contributed by atoms with Crippen LogP contribution in [0.2, 0.25) is 0 Å². The predicted molar refractivity (Wildman–Crippen MR) is 87.5 cm³/mol. The molecule has 1 aliphatic heterocycles. The second-order valence-corrected chi connectivity index (χ2v) is 6.31. The highest BCUT2D eigenvalue weighted by Gasteiger charge is 2.31. The average Bonchev–Trinajstić information content (AvgIpc) is 2.69. The van der Waals surface area contributed by atoms with Crippen molar-refractivity contribution in [3.05, 3.63) is 34.7 Å². The molecular weight excluding hydrogens is 290 g/mol. The van der Waals surface area contributed by atoms with Gasteiger partial charge < -0.3 is 5.11 Å². The van der Waals surface area contributed by atoms with E-state index >= 15 is 0 Å². The molecule has 0 bridgehead atoms. The number of thioether (sulfide) groups is 1. The van der Waals surface area contributed by atoms with E-state index in [0.717, 1.165) is 24.8 Å². The van der Waals surface area contributed by atoms with Crippen LogP contribution in [0.3, 0.4) is 0 Å². The van der Waals surface area contributed by atoms with Gasteiger partial charge in [-0.25, -0.2) is 0 Å². The lowest BCUT2D eigenvalue weighted by atomic mass is 10.2. The van der Waals surface area contributed by atoms with Crippen molar-refractivity contribution in [2.45, 2.75) is 26.2 Å². The van der Waals surface area contributed by atoms with Gasteiger partial charge in [0.1, 0.15) is 10.1 Å². The zero-order chi connectivity index (χ0) is 14.5. The molecule has 0 atom stereocenters. The largest absolute Gasteiger partial charge is 0.508 e. The van der Waals surface area contributed by atoms with Crippen LogP contribution in [0, 0.1) is 0 Å². The number of nitrogens with zero attached hydrogens (tertiary/aromatic N) is 1. The van der Waals surface area contributed by atoms with Gasteiger partial charge in [0.2, 0.25) is 0 Å². The number of hydrogen-bond donors (Lipinski definition) is 1. The van der Waals surface area contributed by atoms with Crippen molar-refractivity contribution in [3.63, 3.8) is 0 Å². The number of hydrogen-bond acceptors (Lipinski definition) is 4. The minimum Gasteiger partial charge on any atom is -0.508 e. The monoisotopic (exact) mass is 307 g/mol. The fourth-order valence-electron chi connectivity index (χ4n) is 1.93. The number of thiocarbonyl (C=S) groups is 1.